The van der Waals surface area contributed by atoms with Gasteiger partial charge in [0, 0.05) is 30.9 Å². The van der Waals surface area contributed by atoms with Crippen LogP contribution in [0.2, 0.25) is 0 Å². The number of rotatable bonds is 4. The fraction of sp³-hybridized carbons (Fsp3) is 0.417. The number of carbonyl (C=O) groups excluding carboxylic acids is 2. The minimum absolute atomic E-state index is 0.0195. The van der Waals surface area contributed by atoms with Gasteiger partial charge >= 0.3 is 0 Å². The zero-order valence-corrected chi connectivity index (χ0v) is 18.8. The summed E-state index contributed by atoms with van der Waals surface area (Å²) >= 11 is 1.40. The van der Waals surface area contributed by atoms with Gasteiger partial charge in [-0.2, -0.15) is 0 Å². The number of nitrogens with one attached hydrogen (secondary N) is 1. The monoisotopic (exact) mass is 454 g/mol. The molecule has 5 rings (SSSR count). The second-order valence-corrected chi connectivity index (χ2v) is 9.82. The molecule has 0 spiro atoms. The molecule has 8 heteroatoms. The van der Waals surface area contributed by atoms with Crippen molar-refractivity contribution in [3.8, 4) is 11.5 Å². The summed E-state index contributed by atoms with van der Waals surface area (Å²) < 4.78 is 16.3. The summed E-state index contributed by atoms with van der Waals surface area (Å²) in [6, 6.07) is 11.6. The van der Waals surface area contributed by atoms with Crippen LogP contribution in [0.3, 0.4) is 0 Å². The Kier molecular flexibility index (Phi) is 6.08. The Morgan fingerprint density at radius 1 is 1.12 bits per heavy atom. The summed E-state index contributed by atoms with van der Waals surface area (Å²) in [7, 11) is 0. The molecule has 7 nitrogen and oxygen atoms in total. The highest BCUT2D eigenvalue weighted by Crippen LogP contribution is 2.39. The lowest BCUT2D eigenvalue weighted by Gasteiger charge is -2.26. The summed E-state index contributed by atoms with van der Waals surface area (Å²) in [4.78, 5) is 28.4. The highest BCUT2D eigenvalue weighted by atomic mass is 32.2. The standard InChI is InChI=1S/C24H26N2O5S/c1-15-23(27)19-12-21-20(30-14-31-21)10-17(19)11-22(32-15)24(28)25-18-4-2-16(3-5-18)13-26-6-8-29-9-7-26/h2-5,10,12,15,22H,6-9,11,13-14H2,1H3,(H,25,28)/t15-,22+/m0/s1. The molecule has 1 N–H and O–H groups in total. The lowest BCUT2D eigenvalue weighted by Crippen LogP contribution is -2.35. The van der Waals surface area contributed by atoms with Gasteiger partial charge in [0.1, 0.15) is 0 Å². The predicted molar refractivity (Wildman–Crippen MR) is 123 cm³/mol. The van der Waals surface area contributed by atoms with E-state index in [9.17, 15) is 9.59 Å². The minimum Gasteiger partial charge on any atom is -0.454 e. The summed E-state index contributed by atoms with van der Waals surface area (Å²) in [5.74, 6) is 1.15. The van der Waals surface area contributed by atoms with Crippen molar-refractivity contribution in [3.05, 3.63) is 53.1 Å². The van der Waals surface area contributed by atoms with Gasteiger partial charge in [-0.05, 0) is 48.7 Å². The lowest BCUT2D eigenvalue weighted by molar-refractivity contribution is -0.115. The van der Waals surface area contributed by atoms with Crippen LogP contribution >= 0.6 is 11.8 Å². The quantitative estimate of drug-likeness (QED) is 0.761. The van der Waals surface area contributed by atoms with Crippen LogP contribution in [0.15, 0.2) is 36.4 Å². The molecule has 2 atom stereocenters. The normalized spacial score (nSPS) is 22.8. The number of amides is 1. The van der Waals surface area contributed by atoms with Crippen molar-refractivity contribution in [2.45, 2.75) is 30.4 Å². The van der Waals surface area contributed by atoms with E-state index in [1.54, 1.807) is 6.07 Å². The number of hydrogen-bond donors (Lipinski definition) is 1. The third-order valence-electron chi connectivity index (χ3n) is 6.03. The number of fused-ring (bicyclic) bond motifs is 2. The van der Waals surface area contributed by atoms with Crippen LogP contribution in [-0.4, -0.2) is 60.2 Å². The molecule has 0 aliphatic carbocycles. The molecule has 1 saturated heterocycles. The zero-order valence-electron chi connectivity index (χ0n) is 18.0. The van der Waals surface area contributed by atoms with Crippen LogP contribution in [0.4, 0.5) is 5.69 Å². The van der Waals surface area contributed by atoms with Crippen LogP contribution < -0.4 is 14.8 Å². The van der Waals surface area contributed by atoms with Crippen molar-refractivity contribution in [1.82, 2.24) is 4.90 Å². The van der Waals surface area contributed by atoms with Crippen molar-refractivity contribution in [3.63, 3.8) is 0 Å². The molecule has 0 aromatic heterocycles. The van der Waals surface area contributed by atoms with Gasteiger partial charge in [-0.1, -0.05) is 12.1 Å². The van der Waals surface area contributed by atoms with E-state index in [2.05, 4.69) is 10.2 Å². The number of benzene rings is 2. The Balaban J connectivity index is 1.27. The highest BCUT2D eigenvalue weighted by Gasteiger charge is 2.33. The first-order chi connectivity index (χ1) is 15.6. The smallest absolute Gasteiger partial charge is 0.237 e. The van der Waals surface area contributed by atoms with Crippen LogP contribution in [0, 0.1) is 0 Å². The van der Waals surface area contributed by atoms with Gasteiger partial charge in [0.15, 0.2) is 17.3 Å². The molecule has 3 aliphatic rings. The molecule has 1 fully saturated rings. The van der Waals surface area contributed by atoms with E-state index in [1.807, 2.05) is 37.3 Å². The van der Waals surface area contributed by atoms with Crippen LogP contribution in [0.5, 0.6) is 11.5 Å². The number of morpholine rings is 1. The highest BCUT2D eigenvalue weighted by molar-refractivity contribution is 8.01. The van der Waals surface area contributed by atoms with Gasteiger partial charge in [0.05, 0.1) is 23.7 Å². The number of thioether (sulfide) groups is 1. The molecule has 3 aliphatic heterocycles. The summed E-state index contributed by atoms with van der Waals surface area (Å²) in [6.45, 7) is 6.32. The second-order valence-electron chi connectivity index (χ2n) is 8.27. The number of nitrogens with zero attached hydrogens (tertiary/aromatic N) is 1. The first-order valence-electron chi connectivity index (χ1n) is 10.9. The average molecular weight is 455 g/mol. The van der Waals surface area contributed by atoms with Crippen molar-refractivity contribution >= 4 is 29.1 Å². The Labute approximate surface area is 191 Å². The molecule has 0 bridgehead atoms. The molecular formula is C24H26N2O5S. The zero-order chi connectivity index (χ0) is 22.1. The predicted octanol–water partition coefficient (Wildman–Crippen LogP) is 3.12. The molecule has 1 amide bonds. The SMILES string of the molecule is C[C@@H]1S[C@@H](C(=O)Nc2ccc(CN3CCOCC3)cc2)Cc2cc3c(cc2C1=O)OCO3. The molecule has 0 saturated carbocycles. The summed E-state index contributed by atoms with van der Waals surface area (Å²) in [6.07, 6.45) is 0.466. The van der Waals surface area contributed by atoms with Gasteiger partial charge in [0.2, 0.25) is 12.7 Å². The van der Waals surface area contributed by atoms with Crippen molar-refractivity contribution < 1.29 is 23.8 Å². The average Bonchev–Trinajstić information content (AvgIpc) is 3.22. The third kappa shape index (κ3) is 4.48. The van der Waals surface area contributed by atoms with Gasteiger partial charge in [-0.25, -0.2) is 0 Å². The van der Waals surface area contributed by atoms with E-state index in [-0.39, 0.29) is 29.0 Å². The maximum Gasteiger partial charge on any atom is 0.237 e. The molecule has 32 heavy (non-hydrogen) atoms. The largest absolute Gasteiger partial charge is 0.454 e. The molecule has 0 radical (unpaired) electrons. The van der Waals surface area contributed by atoms with Gasteiger partial charge in [-0.15, -0.1) is 11.8 Å². The molecule has 2 aromatic carbocycles. The second kappa shape index (κ2) is 9.13. The van der Waals surface area contributed by atoms with Crippen molar-refractivity contribution in [2.75, 3.05) is 38.4 Å². The molecular weight excluding hydrogens is 428 g/mol. The third-order valence-corrected chi connectivity index (χ3v) is 7.36. The number of ether oxygens (including phenoxy) is 3. The maximum absolute atomic E-state index is 13.1. The molecule has 0 unspecified atom stereocenters. The first kappa shape index (κ1) is 21.3. The summed E-state index contributed by atoms with van der Waals surface area (Å²) in [5, 5.41) is 2.34. The van der Waals surface area contributed by atoms with E-state index in [1.165, 1.54) is 17.3 Å². The summed E-state index contributed by atoms with van der Waals surface area (Å²) in [5.41, 5.74) is 3.42. The number of Topliss-reactive ketones (excluding diaryl/α,β-unsaturated/α-hetero) is 1. The number of anilines is 1. The van der Waals surface area contributed by atoms with Gasteiger partial charge in [0.25, 0.3) is 0 Å². The van der Waals surface area contributed by atoms with E-state index >= 15 is 0 Å². The Morgan fingerprint density at radius 2 is 1.84 bits per heavy atom. The maximum atomic E-state index is 13.1. The van der Waals surface area contributed by atoms with Gasteiger partial charge in [-0.3, -0.25) is 14.5 Å². The Morgan fingerprint density at radius 3 is 2.59 bits per heavy atom. The Bertz CT molecular complexity index is 1020. The van der Waals surface area contributed by atoms with E-state index < -0.39 is 0 Å². The van der Waals surface area contributed by atoms with E-state index in [4.69, 9.17) is 14.2 Å². The Hall–Kier alpha value is -2.55. The molecule has 168 valence electrons. The van der Waals surface area contributed by atoms with Crippen molar-refractivity contribution in [2.24, 2.45) is 0 Å². The van der Waals surface area contributed by atoms with E-state index in [0.29, 0.717) is 23.5 Å². The number of ketones is 1. The van der Waals surface area contributed by atoms with Crippen LogP contribution in [-0.2, 0) is 22.5 Å². The fourth-order valence-corrected chi connectivity index (χ4v) is 5.45. The molecule has 3 heterocycles. The van der Waals surface area contributed by atoms with Gasteiger partial charge < -0.3 is 19.5 Å². The van der Waals surface area contributed by atoms with Crippen LogP contribution in [0.1, 0.15) is 28.4 Å². The first-order valence-corrected chi connectivity index (χ1v) is 11.8. The number of hydrogen-bond acceptors (Lipinski definition) is 7. The number of carbonyl (C=O) groups is 2. The minimum atomic E-state index is -0.372. The fourth-order valence-electron chi connectivity index (χ4n) is 4.25. The van der Waals surface area contributed by atoms with Crippen molar-refractivity contribution in [1.29, 1.82) is 0 Å². The topological polar surface area (TPSA) is 77.1 Å². The molecule has 2 aromatic rings. The lowest BCUT2D eigenvalue weighted by atomic mass is 9.97. The van der Waals surface area contributed by atoms with E-state index in [0.717, 1.165) is 44.1 Å². The van der Waals surface area contributed by atoms with Crippen LogP contribution in [0.25, 0.3) is 0 Å².